The quantitative estimate of drug-likeness (QED) is 0.484. The van der Waals surface area contributed by atoms with E-state index in [-0.39, 0.29) is 5.91 Å². The van der Waals surface area contributed by atoms with E-state index in [1.165, 1.54) is 0 Å². The maximum Gasteiger partial charge on any atom is 0.253 e. The van der Waals surface area contributed by atoms with E-state index in [9.17, 15) is 4.79 Å². The van der Waals surface area contributed by atoms with Gasteiger partial charge in [0.05, 0.1) is 25.5 Å². The summed E-state index contributed by atoms with van der Waals surface area (Å²) in [7, 11) is 3.48. The first kappa shape index (κ1) is 21.5. The van der Waals surface area contributed by atoms with Crippen LogP contribution in [0.4, 0.5) is 5.82 Å². The number of amides is 1. The number of benzene rings is 1. The van der Waals surface area contributed by atoms with E-state index in [4.69, 9.17) is 14.5 Å². The molecule has 1 aliphatic heterocycles. The Kier molecular flexibility index (Phi) is 7.85. The largest absolute Gasteiger partial charge is 0.378 e. The van der Waals surface area contributed by atoms with Gasteiger partial charge in [-0.15, -0.1) is 0 Å². The summed E-state index contributed by atoms with van der Waals surface area (Å²) in [6.45, 7) is 6.19. The molecule has 1 aliphatic rings. The Morgan fingerprint density at radius 2 is 1.97 bits per heavy atom. The van der Waals surface area contributed by atoms with Crippen molar-refractivity contribution >= 4 is 23.5 Å². The lowest BCUT2D eigenvalue weighted by Gasteiger charge is -2.28. The van der Waals surface area contributed by atoms with Gasteiger partial charge in [0.25, 0.3) is 5.91 Å². The molecule has 1 amide bonds. The number of hydrogen-bond donors (Lipinski definition) is 0. The van der Waals surface area contributed by atoms with E-state index in [2.05, 4.69) is 9.88 Å². The average molecular weight is 417 g/mol. The van der Waals surface area contributed by atoms with Crippen molar-refractivity contribution in [2.75, 3.05) is 51.9 Å². The van der Waals surface area contributed by atoms with Gasteiger partial charge in [0.1, 0.15) is 5.82 Å². The molecule has 29 heavy (non-hydrogen) atoms. The SMILES string of the molecule is CCN(C)C(=O)c1ccc(CSc2nc(COC)cc(N3CCOCC3)n2)cc1. The molecule has 0 unspecified atom stereocenters. The number of rotatable bonds is 8. The van der Waals surface area contributed by atoms with Crippen molar-refractivity contribution in [2.45, 2.75) is 24.4 Å². The standard InChI is InChI=1S/C21H28N4O3S/c1-4-24(2)20(26)17-7-5-16(6-8-17)15-29-21-22-18(14-27-3)13-19(23-21)25-9-11-28-12-10-25/h5-8,13H,4,9-12,14-15H2,1-3H3. The van der Waals surface area contributed by atoms with Gasteiger partial charge in [-0.3, -0.25) is 4.79 Å². The summed E-state index contributed by atoms with van der Waals surface area (Å²) in [6.07, 6.45) is 0. The molecule has 7 nitrogen and oxygen atoms in total. The molecule has 8 heteroatoms. The predicted octanol–water partition coefficient (Wildman–Crippen LogP) is 2.84. The second-order valence-corrected chi connectivity index (χ2v) is 7.78. The lowest BCUT2D eigenvalue weighted by atomic mass is 10.1. The highest BCUT2D eigenvalue weighted by atomic mass is 32.2. The van der Waals surface area contributed by atoms with Crippen LogP contribution in [0.2, 0.25) is 0 Å². The molecule has 0 saturated carbocycles. The fourth-order valence-electron chi connectivity index (χ4n) is 2.96. The van der Waals surface area contributed by atoms with Gasteiger partial charge in [-0.25, -0.2) is 9.97 Å². The van der Waals surface area contributed by atoms with Crippen molar-refractivity contribution in [2.24, 2.45) is 0 Å². The summed E-state index contributed by atoms with van der Waals surface area (Å²) in [5.74, 6) is 1.69. The minimum absolute atomic E-state index is 0.0393. The van der Waals surface area contributed by atoms with Crippen molar-refractivity contribution in [3.05, 3.63) is 47.2 Å². The maximum atomic E-state index is 12.2. The van der Waals surface area contributed by atoms with Crippen LogP contribution in [-0.2, 0) is 21.8 Å². The second kappa shape index (κ2) is 10.6. The summed E-state index contributed by atoms with van der Waals surface area (Å²) in [4.78, 5) is 25.5. The molecule has 1 aromatic heterocycles. The number of carbonyl (C=O) groups excluding carboxylic acids is 1. The summed E-state index contributed by atoms with van der Waals surface area (Å²) >= 11 is 1.59. The summed E-state index contributed by atoms with van der Waals surface area (Å²) in [5, 5.41) is 0.729. The molecule has 0 aliphatic carbocycles. The van der Waals surface area contributed by atoms with E-state index >= 15 is 0 Å². The lowest BCUT2D eigenvalue weighted by molar-refractivity contribution is 0.0802. The normalized spacial score (nSPS) is 14.1. The zero-order chi connectivity index (χ0) is 20.6. The van der Waals surface area contributed by atoms with Crippen LogP contribution in [0.5, 0.6) is 0 Å². The molecule has 3 rings (SSSR count). The Morgan fingerprint density at radius 1 is 1.24 bits per heavy atom. The van der Waals surface area contributed by atoms with Crippen LogP contribution in [0.25, 0.3) is 0 Å². The van der Waals surface area contributed by atoms with Crippen LogP contribution in [0.15, 0.2) is 35.5 Å². The van der Waals surface area contributed by atoms with Gasteiger partial charge in [0, 0.05) is 51.2 Å². The molecule has 0 bridgehead atoms. The van der Waals surface area contributed by atoms with Crippen molar-refractivity contribution in [3.8, 4) is 0 Å². The smallest absolute Gasteiger partial charge is 0.253 e. The van der Waals surface area contributed by atoms with Crippen molar-refractivity contribution in [1.29, 1.82) is 0 Å². The van der Waals surface area contributed by atoms with Crippen molar-refractivity contribution in [1.82, 2.24) is 14.9 Å². The van der Waals surface area contributed by atoms with Gasteiger partial charge >= 0.3 is 0 Å². The molecule has 1 saturated heterocycles. The number of thioether (sulfide) groups is 1. The van der Waals surface area contributed by atoms with E-state index in [0.29, 0.717) is 31.9 Å². The third-order valence-electron chi connectivity index (χ3n) is 4.76. The van der Waals surface area contributed by atoms with Crippen molar-refractivity contribution in [3.63, 3.8) is 0 Å². The van der Waals surface area contributed by atoms with Crippen LogP contribution in [0, 0.1) is 0 Å². The highest BCUT2D eigenvalue weighted by Gasteiger charge is 2.15. The van der Waals surface area contributed by atoms with Crippen LogP contribution in [0.1, 0.15) is 28.5 Å². The van der Waals surface area contributed by atoms with E-state index in [1.807, 2.05) is 44.3 Å². The molecule has 2 heterocycles. The van der Waals surface area contributed by atoms with Crippen LogP contribution < -0.4 is 4.90 Å². The average Bonchev–Trinajstić information content (AvgIpc) is 2.77. The zero-order valence-electron chi connectivity index (χ0n) is 17.3. The number of anilines is 1. The number of ether oxygens (including phenoxy) is 2. The Balaban J connectivity index is 1.69. The Morgan fingerprint density at radius 3 is 2.62 bits per heavy atom. The zero-order valence-corrected chi connectivity index (χ0v) is 18.1. The van der Waals surface area contributed by atoms with Gasteiger partial charge in [-0.1, -0.05) is 23.9 Å². The molecule has 2 aromatic rings. The van der Waals surface area contributed by atoms with Gasteiger partial charge in [0.15, 0.2) is 5.16 Å². The third kappa shape index (κ3) is 5.91. The molecule has 0 radical (unpaired) electrons. The highest BCUT2D eigenvalue weighted by Crippen LogP contribution is 2.24. The molecular formula is C21H28N4O3S. The first-order valence-corrected chi connectivity index (χ1v) is 10.8. The highest BCUT2D eigenvalue weighted by molar-refractivity contribution is 7.98. The van der Waals surface area contributed by atoms with Crippen LogP contribution in [-0.4, -0.2) is 67.8 Å². The van der Waals surface area contributed by atoms with E-state index in [0.717, 1.165) is 41.1 Å². The first-order chi connectivity index (χ1) is 14.1. The van der Waals surface area contributed by atoms with Gasteiger partial charge in [-0.2, -0.15) is 0 Å². The number of methoxy groups -OCH3 is 1. The van der Waals surface area contributed by atoms with Crippen molar-refractivity contribution < 1.29 is 14.3 Å². The molecule has 0 spiro atoms. The number of aromatic nitrogens is 2. The predicted molar refractivity (Wildman–Crippen MR) is 114 cm³/mol. The number of morpholine rings is 1. The fourth-order valence-corrected chi connectivity index (χ4v) is 3.78. The van der Waals surface area contributed by atoms with Crippen LogP contribution in [0.3, 0.4) is 0 Å². The third-order valence-corrected chi connectivity index (χ3v) is 5.68. The minimum atomic E-state index is 0.0393. The first-order valence-electron chi connectivity index (χ1n) is 9.77. The topological polar surface area (TPSA) is 67.8 Å². The maximum absolute atomic E-state index is 12.2. The fraction of sp³-hybridized carbons (Fsp3) is 0.476. The van der Waals surface area contributed by atoms with Gasteiger partial charge in [-0.05, 0) is 24.6 Å². The lowest BCUT2D eigenvalue weighted by Crippen LogP contribution is -2.37. The van der Waals surface area contributed by atoms with Crippen LogP contribution >= 0.6 is 11.8 Å². The summed E-state index contributed by atoms with van der Waals surface area (Å²) in [5.41, 5.74) is 2.70. The minimum Gasteiger partial charge on any atom is -0.378 e. The molecular weight excluding hydrogens is 388 g/mol. The Hall–Kier alpha value is -2.16. The summed E-state index contributed by atoms with van der Waals surface area (Å²) in [6, 6.07) is 9.73. The van der Waals surface area contributed by atoms with Gasteiger partial charge < -0.3 is 19.3 Å². The summed E-state index contributed by atoms with van der Waals surface area (Å²) < 4.78 is 10.7. The number of carbonyl (C=O) groups is 1. The van der Waals surface area contributed by atoms with E-state index < -0.39 is 0 Å². The number of hydrogen-bond acceptors (Lipinski definition) is 7. The number of nitrogens with zero attached hydrogens (tertiary/aromatic N) is 4. The molecule has 0 N–H and O–H groups in total. The molecule has 1 aromatic carbocycles. The Bertz CT molecular complexity index is 810. The monoisotopic (exact) mass is 416 g/mol. The second-order valence-electron chi connectivity index (χ2n) is 6.84. The Labute approximate surface area is 176 Å². The van der Waals surface area contributed by atoms with E-state index in [1.54, 1.807) is 23.8 Å². The van der Waals surface area contributed by atoms with Gasteiger partial charge in [0.2, 0.25) is 0 Å². The molecule has 0 atom stereocenters. The molecule has 1 fully saturated rings. The molecule has 156 valence electrons.